The van der Waals surface area contributed by atoms with Crippen LogP contribution in [0.1, 0.15) is 10.4 Å². The summed E-state index contributed by atoms with van der Waals surface area (Å²) in [6.45, 7) is 0. The van der Waals surface area contributed by atoms with Crippen LogP contribution in [-0.2, 0) is 0 Å². The van der Waals surface area contributed by atoms with Crippen LogP contribution >= 0.6 is 58.6 Å². The van der Waals surface area contributed by atoms with E-state index < -0.39 is 15.9 Å². The highest BCUT2D eigenvalue weighted by molar-refractivity contribution is 7.80. The van der Waals surface area contributed by atoms with Crippen LogP contribution in [0.3, 0.4) is 0 Å². The molecule has 1 amide bonds. The van der Waals surface area contributed by atoms with E-state index >= 15 is 0 Å². The lowest BCUT2D eigenvalue weighted by atomic mass is 10.2. The zero-order chi connectivity index (χ0) is 20.0. The monoisotopic (exact) mass is 465 g/mol. The number of rotatable bonds is 5. The molecule has 0 saturated heterocycles. The molecule has 0 bridgehead atoms. The fraction of sp³-hybridized carbons (Fsp3) is 0.176. The molecule has 0 saturated carbocycles. The van der Waals surface area contributed by atoms with Gasteiger partial charge in [0.2, 0.25) is 3.79 Å². The Bertz CT molecular complexity index is 795. The first-order valence-corrected chi connectivity index (χ1v) is 9.46. The lowest BCUT2D eigenvalue weighted by Crippen LogP contribution is -2.56. The number of benzene rings is 2. The van der Waals surface area contributed by atoms with Gasteiger partial charge in [-0.05, 0) is 60.7 Å². The van der Waals surface area contributed by atoms with Crippen LogP contribution in [0.5, 0.6) is 5.75 Å². The quantitative estimate of drug-likeness (QED) is 0.337. The Kier molecular flexibility index (Phi) is 7.82. The normalized spacial score (nSPS) is 12.0. The maximum Gasteiger partial charge on any atom is 0.252 e. The zero-order valence-electron chi connectivity index (χ0n) is 13.9. The summed E-state index contributed by atoms with van der Waals surface area (Å²) in [5.41, 5.74) is 1.05. The van der Waals surface area contributed by atoms with Crippen molar-refractivity contribution >= 4 is 75.3 Å². The van der Waals surface area contributed by atoms with Crippen LogP contribution in [0.4, 0.5) is 5.69 Å². The molecule has 5 nitrogen and oxygen atoms in total. The highest BCUT2D eigenvalue weighted by atomic mass is 35.6. The van der Waals surface area contributed by atoms with Crippen LogP contribution < -0.4 is 20.7 Å². The summed E-state index contributed by atoms with van der Waals surface area (Å²) in [5.74, 6) is 0.173. The van der Waals surface area contributed by atoms with Gasteiger partial charge < -0.3 is 20.7 Å². The van der Waals surface area contributed by atoms with Crippen molar-refractivity contribution in [2.45, 2.75) is 9.96 Å². The van der Waals surface area contributed by atoms with Crippen molar-refractivity contribution in [1.29, 1.82) is 0 Å². The van der Waals surface area contributed by atoms with Gasteiger partial charge in [0.1, 0.15) is 11.9 Å². The van der Waals surface area contributed by atoms with Crippen molar-refractivity contribution in [3.05, 3.63) is 59.1 Å². The summed E-state index contributed by atoms with van der Waals surface area (Å²) >= 11 is 29.0. The van der Waals surface area contributed by atoms with Gasteiger partial charge in [-0.1, -0.05) is 46.4 Å². The molecule has 0 aliphatic heterocycles. The first kappa shape index (κ1) is 21.9. The van der Waals surface area contributed by atoms with Crippen LogP contribution in [0.25, 0.3) is 0 Å². The van der Waals surface area contributed by atoms with Crippen molar-refractivity contribution in [2.75, 3.05) is 12.4 Å². The summed E-state index contributed by atoms with van der Waals surface area (Å²) < 4.78 is 3.21. The fourth-order valence-corrected chi connectivity index (χ4v) is 2.68. The predicted molar refractivity (Wildman–Crippen MR) is 115 cm³/mol. The first-order chi connectivity index (χ1) is 12.7. The molecule has 2 rings (SSSR count). The number of hydrogen-bond acceptors (Lipinski definition) is 3. The van der Waals surface area contributed by atoms with Gasteiger partial charge in [0.25, 0.3) is 5.91 Å². The molecular weight excluding hydrogens is 452 g/mol. The third-order valence-electron chi connectivity index (χ3n) is 3.33. The summed E-state index contributed by atoms with van der Waals surface area (Å²) in [6, 6.07) is 13.3. The Labute approximate surface area is 182 Å². The minimum atomic E-state index is -1.85. The van der Waals surface area contributed by atoms with E-state index in [0.717, 1.165) is 0 Å². The van der Waals surface area contributed by atoms with Gasteiger partial charge >= 0.3 is 0 Å². The van der Waals surface area contributed by atoms with E-state index in [9.17, 15) is 4.79 Å². The molecule has 0 aliphatic carbocycles. The average molecular weight is 467 g/mol. The number of carbonyl (C=O) groups excluding carboxylic acids is 1. The maximum atomic E-state index is 12.4. The lowest BCUT2D eigenvalue weighted by molar-refractivity contribution is 0.0934. The van der Waals surface area contributed by atoms with Crippen LogP contribution in [0.2, 0.25) is 5.02 Å². The van der Waals surface area contributed by atoms with E-state index in [1.54, 1.807) is 48.5 Å². The number of ether oxygens (including phenoxy) is 1. The van der Waals surface area contributed by atoms with Gasteiger partial charge in [-0.15, -0.1) is 0 Å². The Morgan fingerprint density at radius 2 is 1.63 bits per heavy atom. The molecule has 0 aromatic heterocycles. The van der Waals surface area contributed by atoms with Gasteiger partial charge in [0.15, 0.2) is 5.11 Å². The Balaban J connectivity index is 2.04. The summed E-state index contributed by atoms with van der Waals surface area (Å²) in [4.78, 5) is 12.4. The van der Waals surface area contributed by atoms with Gasteiger partial charge in [-0.2, -0.15) is 0 Å². The standard InChI is InChI=1S/C17H15Cl4N3O2S/c1-26-13-8-2-10(3-9-13)14(25)23-15(17(19,20)21)24-16(27)22-12-6-4-11(18)5-7-12/h2-9,15H,1H3,(H,23,25)(H2,22,24,27)/t15-/m1/s1. The lowest BCUT2D eigenvalue weighted by Gasteiger charge is -2.27. The molecule has 0 radical (unpaired) electrons. The molecule has 0 heterocycles. The summed E-state index contributed by atoms with van der Waals surface area (Å²) in [6.07, 6.45) is -1.08. The zero-order valence-corrected chi connectivity index (χ0v) is 17.8. The molecular formula is C17H15Cl4N3O2S. The summed E-state index contributed by atoms with van der Waals surface area (Å²) in [5, 5.41) is 9.04. The Hall–Kier alpha value is -1.44. The number of anilines is 1. The number of thiocarbonyl (C=S) groups is 1. The number of methoxy groups -OCH3 is 1. The van der Waals surface area contributed by atoms with Crippen molar-refractivity contribution < 1.29 is 9.53 Å². The van der Waals surface area contributed by atoms with Gasteiger partial charge in [0.05, 0.1) is 7.11 Å². The molecule has 2 aromatic rings. The number of amides is 1. The second-order valence-corrected chi connectivity index (χ2v) is 8.50. The highest BCUT2D eigenvalue weighted by Crippen LogP contribution is 2.29. The van der Waals surface area contributed by atoms with Crippen molar-refractivity contribution in [1.82, 2.24) is 10.6 Å². The Morgan fingerprint density at radius 3 is 2.15 bits per heavy atom. The van der Waals surface area contributed by atoms with Crippen LogP contribution in [0, 0.1) is 0 Å². The van der Waals surface area contributed by atoms with Crippen molar-refractivity contribution in [3.63, 3.8) is 0 Å². The first-order valence-electron chi connectivity index (χ1n) is 7.54. The van der Waals surface area contributed by atoms with Gasteiger partial charge in [-0.3, -0.25) is 4.79 Å². The van der Waals surface area contributed by atoms with Crippen LogP contribution in [0.15, 0.2) is 48.5 Å². The van der Waals surface area contributed by atoms with Gasteiger partial charge in [0, 0.05) is 16.3 Å². The fourth-order valence-electron chi connectivity index (χ4n) is 1.99. The molecule has 0 aliphatic rings. The van der Waals surface area contributed by atoms with E-state index in [-0.39, 0.29) is 5.11 Å². The maximum absolute atomic E-state index is 12.4. The molecule has 1 atom stereocenters. The summed E-state index contributed by atoms with van der Waals surface area (Å²) in [7, 11) is 1.53. The van der Waals surface area contributed by atoms with E-state index in [1.807, 2.05) is 0 Å². The largest absolute Gasteiger partial charge is 0.497 e. The van der Waals surface area contributed by atoms with E-state index in [1.165, 1.54) is 7.11 Å². The predicted octanol–water partition coefficient (Wildman–Crippen LogP) is 4.76. The van der Waals surface area contributed by atoms with E-state index in [2.05, 4.69) is 16.0 Å². The third-order valence-corrected chi connectivity index (χ3v) is 4.46. The number of carbonyl (C=O) groups is 1. The second-order valence-electron chi connectivity index (χ2n) is 5.28. The molecule has 0 unspecified atom stereocenters. The number of hydrogen-bond donors (Lipinski definition) is 3. The SMILES string of the molecule is COc1ccc(C(=O)N[C@H](NC(=S)Nc2ccc(Cl)cc2)C(Cl)(Cl)Cl)cc1. The minimum Gasteiger partial charge on any atom is -0.497 e. The molecule has 144 valence electrons. The second kappa shape index (κ2) is 9.66. The van der Waals surface area contributed by atoms with Crippen molar-refractivity contribution in [3.8, 4) is 5.75 Å². The number of nitrogens with one attached hydrogen (secondary N) is 3. The van der Waals surface area contributed by atoms with Crippen LogP contribution in [-0.4, -0.2) is 28.1 Å². The number of halogens is 4. The molecule has 2 aromatic carbocycles. The van der Waals surface area contributed by atoms with E-state index in [0.29, 0.717) is 22.0 Å². The number of alkyl halides is 3. The van der Waals surface area contributed by atoms with Crippen molar-refractivity contribution in [2.24, 2.45) is 0 Å². The molecule has 0 fully saturated rings. The molecule has 27 heavy (non-hydrogen) atoms. The Morgan fingerprint density at radius 1 is 1.04 bits per heavy atom. The van der Waals surface area contributed by atoms with Gasteiger partial charge in [-0.25, -0.2) is 0 Å². The minimum absolute atomic E-state index is 0.156. The molecule has 3 N–H and O–H groups in total. The molecule has 10 heteroatoms. The topological polar surface area (TPSA) is 62.4 Å². The average Bonchev–Trinajstić information content (AvgIpc) is 2.62. The molecule has 0 spiro atoms. The third kappa shape index (κ3) is 6.90. The smallest absolute Gasteiger partial charge is 0.252 e. The van der Waals surface area contributed by atoms with E-state index in [4.69, 9.17) is 63.4 Å². The highest BCUT2D eigenvalue weighted by Gasteiger charge is 2.34.